The lowest BCUT2D eigenvalue weighted by molar-refractivity contribution is 0.0802. The Morgan fingerprint density at radius 1 is 1.20 bits per heavy atom. The van der Waals surface area contributed by atoms with Crippen LogP contribution >= 0.6 is 0 Å². The van der Waals surface area contributed by atoms with Gasteiger partial charge in [-0.05, 0) is 81.5 Å². The smallest absolute Gasteiger partial charge is 0.0239 e. The molecule has 0 nitrogen and oxygen atoms in total. The van der Waals surface area contributed by atoms with Crippen molar-refractivity contribution in [1.82, 2.24) is 0 Å². The zero-order valence-electron chi connectivity index (χ0n) is 16.7. The Hall–Kier alpha value is -0.520. The highest BCUT2D eigenvalue weighted by molar-refractivity contribution is 5.27. The van der Waals surface area contributed by atoms with E-state index in [4.69, 9.17) is 4.11 Å². The summed E-state index contributed by atoms with van der Waals surface area (Å²) < 4.78 is 24.9. The molecule has 0 aromatic heterocycles. The summed E-state index contributed by atoms with van der Waals surface area (Å²) >= 11 is 0. The van der Waals surface area contributed by atoms with Gasteiger partial charge in [0.1, 0.15) is 0 Å². The molecule has 2 bridgehead atoms. The predicted molar refractivity (Wildman–Crippen MR) is 87.6 cm³/mol. The third-order valence-electron chi connectivity index (χ3n) is 6.87. The maximum atomic E-state index is 8.30. The summed E-state index contributed by atoms with van der Waals surface area (Å²) in [6.45, 7) is 7.07. The molecule has 112 valence electrons. The number of hydrogen-bond acceptors (Lipinski definition) is 0. The third-order valence-corrected chi connectivity index (χ3v) is 6.87. The van der Waals surface area contributed by atoms with E-state index in [1.54, 1.807) is 0 Å². The van der Waals surface area contributed by atoms with Crippen LogP contribution in [-0.4, -0.2) is 0 Å². The van der Waals surface area contributed by atoms with E-state index < -0.39 is 12.3 Å². The normalized spacial score (nSPS) is 48.2. The molecule has 0 spiro atoms. The quantitative estimate of drug-likeness (QED) is 0.456. The van der Waals surface area contributed by atoms with Gasteiger partial charge in [0.05, 0.1) is 0 Å². The second kappa shape index (κ2) is 4.75. The predicted octanol–water partition coefficient (Wildman–Crippen LogP) is 6.29. The number of rotatable bonds is 0. The molecule has 20 heavy (non-hydrogen) atoms. The van der Waals surface area contributed by atoms with Gasteiger partial charge >= 0.3 is 0 Å². The summed E-state index contributed by atoms with van der Waals surface area (Å²) in [5.41, 5.74) is 3.90. The minimum Gasteiger partial charge on any atom is -0.0853 e. The van der Waals surface area contributed by atoms with Gasteiger partial charge in [0.25, 0.3) is 0 Å². The summed E-state index contributed by atoms with van der Waals surface area (Å²) in [5, 5.41) is 0. The van der Waals surface area contributed by atoms with E-state index in [-0.39, 0.29) is 0 Å². The van der Waals surface area contributed by atoms with E-state index in [1.165, 1.54) is 29.6 Å². The van der Waals surface area contributed by atoms with Crippen LogP contribution in [0, 0.1) is 22.7 Å². The van der Waals surface area contributed by atoms with Gasteiger partial charge in [-0.25, -0.2) is 0 Å². The molecule has 0 aromatic carbocycles. The minimum atomic E-state index is -1.89. The van der Waals surface area contributed by atoms with Crippen molar-refractivity contribution in [3.8, 4) is 0 Å². The van der Waals surface area contributed by atoms with Gasteiger partial charge < -0.3 is 0 Å². The Labute approximate surface area is 129 Å². The molecule has 3 aliphatic rings. The van der Waals surface area contributed by atoms with Crippen LogP contribution in [0.25, 0.3) is 0 Å². The topological polar surface area (TPSA) is 0 Å². The van der Waals surface area contributed by atoms with Crippen LogP contribution in [0.1, 0.15) is 83.6 Å². The molecule has 0 saturated heterocycles. The fourth-order valence-corrected chi connectivity index (χ4v) is 5.31. The van der Waals surface area contributed by atoms with Crippen LogP contribution < -0.4 is 0 Å². The van der Waals surface area contributed by atoms with Crippen LogP contribution in [-0.2, 0) is 0 Å². The zero-order valence-corrected chi connectivity index (χ0v) is 13.7. The van der Waals surface area contributed by atoms with Crippen molar-refractivity contribution in [3.63, 3.8) is 0 Å². The van der Waals surface area contributed by atoms with Gasteiger partial charge in [0.15, 0.2) is 0 Å². The summed E-state index contributed by atoms with van der Waals surface area (Å²) in [7, 11) is 0. The summed E-state index contributed by atoms with van der Waals surface area (Å²) in [5.74, 6) is 0.864. The van der Waals surface area contributed by atoms with E-state index in [2.05, 4.69) is 26.8 Å². The molecule has 0 radical (unpaired) electrons. The molecule has 0 heterocycles. The second-order valence-electron chi connectivity index (χ2n) is 8.13. The van der Waals surface area contributed by atoms with Crippen LogP contribution in [0.4, 0.5) is 0 Å². The Kier molecular flexibility index (Phi) is 2.64. The average molecular weight is 275 g/mol. The number of fused-ring (bicyclic) bond motifs is 3. The van der Waals surface area contributed by atoms with E-state index >= 15 is 0 Å². The Bertz CT molecular complexity index is 554. The van der Waals surface area contributed by atoms with Gasteiger partial charge in [0.2, 0.25) is 0 Å². The molecule has 0 N–H and O–H groups in total. The van der Waals surface area contributed by atoms with Crippen molar-refractivity contribution in [2.45, 2.75) is 79.5 Å². The molecule has 0 aromatic rings. The maximum Gasteiger partial charge on any atom is 0.0239 e. The molecule has 0 unspecified atom stereocenters. The standard InChI is InChI=1S/C20H32/c1-14-7-6-11-20(5)12-10-17-15(2)8-9-16(13-18(14)20)19(17,3)4/h7,16,18H,6,8-13H2,1-5H3/t16-,18+,20-/m0/s1/i3D3/t16-,18+,19+,20-. The molecule has 3 aliphatic carbocycles. The van der Waals surface area contributed by atoms with Crippen molar-refractivity contribution >= 4 is 0 Å². The number of allylic oxidation sites excluding steroid dienone is 4. The van der Waals surface area contributed by atoms with Crippen LogP contribution in [0.3, 0.4) is 0 Å². The van der Waals surface area contributed by atoms with Gasteiger partial charge in [-0.15, -0.1) is 0 Å². The first kappa shape index (κ1) is 11.1. The van der Waals surface area contributed by atoms with Crippen molar-refractivity contribution in [2.24, 2.45) is 22.7 Å². The first-order valence-electron chi connectivity index (χ1n) is 9.95. The van der Waals surface area contributed by atoms with Crippen molar-refractivity contribution in [1.29, 1.82) is 0 Å². The molecule has 1 fully saturated rings. The first-order chi connectivity index (χ1) is 10.6. The van der Waals surface area contributed by atoms with Gasteiger partial charge in [0, 0.05) is 4.11 Å². The molecular weight excluding hydrogens is 240 g/mol. The SMILES string of the molecule is [2H]C([2H])([2H])[C@]1(C)C2=C(C)CC[C@H]1C[C@@H]1C(C)=CCC[C@@]1(C)CC2. The van der Waals surface area contributed by atoms with Crippen molar-refractivity contribution < 1.29 is 4.11 Å². The first-order valence-corrected chi connectivity index (χ1v) is 8.45. The lowest BCUT2D eigenvalue weighted by Crippen LogP contribution is -2.41. The maximum absolute atomic E-state index is 8.30. The second-order valence-corrected chi connectivity index (χ2v) is 8.13. The summed E-state index contributed by atoms with van der Waals surface area (Å²) in [6.07, 6.45) is 10.2. The van der Waals surface area contributed by atoms with E-state index in [0.29, 0.717) is 17.3 Å². The van der Waals surface area contributed by atoms with Crippen molar-refractivity contribution in [2.75, 3.05) is 0 Å². The molecule has 0 heteroatoms. The highest BCUT2D eigenvalue weighted by Gasteiger charge is 2.46. The monoisotopic (exact) mass is 275 g/mol. The summed E-state index contributed by atoms with van der Waals surface area (Å²) in [6, 6.07) is 0. The van der Waals surface area contributed by atoms with Gasteiger partial charge in [-0.2, -0.15) is 0 Å². The molecule has 0 amide bonds. The molecular formula is C20H32. The lowest BCUT2D eigenvalue weighted by atomic mass is 9.53. The van der Waals surface area contributed by atoms with E-state index in [9.17, 15) is 0 Å². The fraction of sp³-hybridized carbons (Fsp3) is 0.800. The fourth-order valence-electron chi connectivity index (χ4n) is 5.31. The molecule has 0 aliphatic heterocycles. The Balaban J connectivity index is 2.09. The van der Waals surface area contributed by atoms with Crippen LogP contribution in [0.2, 0.25) is 0 Å². The summed E-state index contributed by atoms with van der Waals surface area (Å²) in [4.78, 5) is 0. The van der Waals surface area contributed by atoms with Gasteiger partial charge in [-0.3, -0.25) is 0 Å². The molecule has 3 rings (SSSR count). The van der Waals surface area contributed by atoms with Gasteiger partial charge in [-0.1, -0.05) is 43.5 Å². The van der Waals surface area contributed by atoms with Crippen molar-refractivity contribution in [3.05, 3.63) is 22.8 Å². The highest BCUT2D eigenvalue weighted by atomic mass is 14.5. The Morgan fingerprint density at radius 3 is 2.75 bits per heavy atom. The van der Waals surface area contributed by atoms with Crippen LogP contribution in [0.15, 0.2) is 22.8 Å². The van der Waals surface area contributed by atoms with E-state index in [1.807, 2.05) is 6.92 Å². The molecule has 1 saturated carbocycles. The largest absolute Gasteiger partial charge is 0.0853 e. The third kappa shape index (κ3) is 2.11. The van der Waals surface area contributed by atoms with E-state index in [0.717, 1.165) is 32.1 Å². The highest BCUT2D eigenvalue weighted by Crippen LogP contribution is 2.57. The lowest BCUT2D eigenvalue weighted by Gasteiger charge is -2.52. The number of hydrogen-bond donors (Lipinski definition) is 0. The molecule has 4 atom stereocenters. The minimum absolute atomic E-state index is 0.291. The average Bonchev–Trinajstić information content (AvgIpc) is 2.43. The zero-order chi connectivity index (χ0) is 17.0. The Morgan fingerprint density at radius 2 is 2.00 bits per heavy atom. The van der Waals surface area contributed by atoms with Crippen LogP contribution in [0.5, 0.6) is 0 Å².